The van der Waals surface area contributed by atoms with Gasteiger partial charge in [-0.1, -0.05) is 50.2 Å². The van der Waals surface area contributed by atoms with Gasteiger partial charge in [0.15, 0.2) is 0 Å². The molecular formula is C21H22N2O4S. The summed E-state index contributed by atoms with van der Waals surface area (Å²) < 4.78 is 26.6. The summed E-state index contributed by atoms with van der Waals surface area (Å²) in [6, 6.07) is 12.8. The maximum atomic E-state index is 13.3. The fourth-order valence-corrected chi connectivity index (χ4v) is 5.42. The van der Waals surface area contributed by atoms with Gasteiger partial charge in [-0.3, -0.25) is 4.79 Å². The highest BCUT2D eigenvalue weighted by Gasteiger charge is 2.57. The number of nitrogens with one attached hydrogen (secondary N) is 1. The normalized spacial score (nSPS) is 21.9. The second kappa shape index (κ2) is 6.44. The molecule has 3 amide bonds. The maximum absolute atomic E-state index is 13.3. The molecular weight excluding hydrogens is 376 g/mol. The first-order chi connectivity index (χ1) is 13.3. The summed E-state index contributed by atoms with van der Waals surface area (Å²) in [7, 11) is -4.29. The quantitative estimate of drug-likeness (QED) is 0.804. The van der Waals surface area contributed by atoms with E-state index in [1.807, 2.05) is 26.0 Å². The highest BCUT2D eigenvalue weighted by Crippen LogP contribution is 2.41. The maximum Gasteiger partial charge on any atom is 0.339 e. The van der Waals surface area contributed by atoms with Crippen LogP contribution in [0.1, 0.15) is 49.3 Å². The molecule has 146 valence electrons. The van der Waals surface area contributed by atoms with E-state index in [0.717, 1.165) is 17.5 Å². The Balaban J connectivity index is 1.76. The zero-order valence-electron chi connectivity index (χ0n) is 15.8. The Kier molecular flexibility index (Phi) is 4.30. The van der Waals surface area contributed by atoms with E-state index in [-0.39, 0.29) is 10.8 Å². The molecule has 2 aromatic carbocycles. The first-order valence-corrected chi connectivity index (χ1v) is 10.8. The van der Waals surface area contributed by atoms with Crippen molar-refractivity contribution in [1.29, 1.82) is 0 Å². The monoisotopic (exact) mass is 398 g/mol. The van der Waals surface area contributed by atoms with E-state index in [1.54, 1.807) is 24.3 Å². The van der Waals surface area contributed by atoms with E-state index in [4.69, 9.17) is 0 Å². The number of fused-ring (bicyclic) bond motifs is 2. The Bertz CT molecular complexity index is 1060. The van der Waals surface area contributed by atoms with E-state index in [0.29, 0.717) is 22.7 Å². The molecule has 1 saturated heterocycles. The molecule has 1 fully saturated rings. The van der Waals surface area contributed by atoms with Crippen LogP contribution < -0.4 is 5.32 Å². The molecule has 1 atom stereocenters. The number of benzene rings is 2. The van der Waals surface area contributed by atoms with Crippen LogP contribution in [0.15, 0.2) is 53.4 Å². The van der Waals surface area contributed by atoms with Crippen molar-refractivity contribution >= 4 is 22.0 Å². The van der Waals surface area contributed by atoms with E-state index >= 15 is 0 Å². The fourth-order valence-electron chi connectivity index (χ4n) is 4.09. The van der Waals surface area contributed by atoms with Crippen LogP contribution in [-0.4, -0.2) is 24.7 Å². The zero-order chi connectivity index (χ0) is 20.1. The van der Waals surface area contributed by atoms with Gasteiger partial charge in [-0.15, -0.1) is 4.31 Å². The van der Waals surface area contributed by atoms with Crippen molar-refractivity contribution < 1.29 is 18.0 Å². The second-order valence-electron chi connectivity index (χ2n) is 7.64. The SMILES string of the molecule is CC(C)c1ccc(S(=O)(=O)N2C(=O)NC3(CCCc4ccccc43)C2=O)cc1. The molecule has 1 aliphatic carbocycles. The first kappa shape index (κ1) is 18.7. The average Bonchev–Trinajstić information content (AvgIpc) is 2.93. The van der Waals surface area contributed by atoms with Crippen LogP contribution in [-0.2, 0) is 26.8 Å². The minimum Gasteiger partial charge on any atom is -0.318 e. The Labute approximate surface area is 164 Å². The second-order valence-corrected chi connectivity index (χ2v) is 9.43. The molecule has 4 rings (SSSR count). The molecule has 0 radical (unpaired) electrons. The highest BCUT2D eigenvalue weighted by atomic mass is 32.2. The Hall–Kier alpha value is -2.67. The Morgan fingerprint density at radius 2 is 1.71 bits per heavy atom. The minimum atomic E-state index is -4.29. The van der Waals surface area contributed by atoms with Crippen molar-refractivity contribution in [2.24, 2.45) is 0 Å². The van der Waals surface area contributed by atoms with Crippen molar-refractivity contribution in [3.63, 3.8) is 0 Å². The van der Waals surface area contributed by atoms with E-state index in [2.05, 4.69) is 5.32 Å². The van der Waals surface area contributed by atoms with Gasteiger partial charge < -0.3 is 5.32 Å². The molecule has 7 heteroatoms. The summed E-state index contributed by atoms with van der Waals surface area (Å²) >= 11 is 0. The molecule has 0 aromatic heterocycles. The summed E-state index contributed by atoms with van der Waals surface area (Å²) in [5.41, 5.74) is 1.32. The number of amides is 3. The molecule has 28 heavy (non-hydrogen) atoms. The summed E-state index contributed by atoms with van der Waals surface area (Å²) in [6.45, 7) is 4.01. The van der Waals surface area contributed by atoms with Crippen LogP contribution in [0.25, 0.3) is 0 Å². The van der Waals surface area contributed by atoms with Gasteiger partial charge in [-0.05, 0) is 54.0 Å². The van der Waals surface area contributed by atoms with Gasteiger partial charge in [0.1, 0.15) is 5.54 Å². The number of sulfonamides is 1. The fraction of sp³-hybridized carbons (Fsp3) is 0.333. The smallest absolute Gasteiger partial charge is 0.318 e. The number of urea groups is 1. The third-order valence-electron chi connectivity index (χ3n) is 5.61. The summed E-state index contributed by atoms with van der Waals surface area (Å²) in [4.78, 5) is 25.9. The third kappa shape index (κ3) is 2.64. The predicted molar refractivity (Wildman–Crippen MR) is 104 cm³/mol. The van der Waals surface area contributed by atoms with E-state index < -0.39 is 27.5 Å². The van der Waals surface area contributed by atoms with E-state index in [1.165, 1.54) is 12.1 Å². The zero-order valence-corrected chi connectivity index (χ0v) is 16.6. The number of aryl methyl sites for hydroxylation is 1. The number of hydrogen-bond acceptors (Lipinski definition) is 4. The molecule has 1 heterocycles. The highest BCUT2D eigenvalue weighted by molar-refractivity contribution is 7.90. The Morgan fingerprint density at radius 1 is 1.04 bits per heavy atom. The third-order valence-corrected chi connectivity index (χ3v) is 7.29. The van der Waals surface area contributed by atoms with Crippen LogP contribution in [0.5, 0.6) is 0 Å². The van der Waals surface area contributed by atoms with Crippen molar-refractivity contribution in [3.05, 3.63) is 65.2 Å². The molecule has 1 spiro atoms. The standard InChI is InChI=1S/C21H22N2O4S/c1-14(2)15-9-11-17(12-10-15)28(26,27)23-19(24)21(22-20(23)25)13-5-7-16-6-3-4-8-18(16)21/h3-4,6,8-12,14H,5,7,13H2,1-2H3,(H,22,25). The lowest BCUT2D eigenvalue weighted by molar-refractivity contribution is -0.128. The van der Waals surface area contributed by atoms with Gasteiger partial charge in [0.05, 0.1) is 4.90 Å². The largest absolute Gasteiger partial charge is 0.339 e. The molecule has 2 aliphatic rings. The molecule has 6 nitrogen and oxygen atoms in total. The van der Waals surface area contributed by atoms with Crippen molar-refractivity contribution in [3.8, 4) is 0 Å². The van der Waals surface area contributed by atoms with Crippen molar-refractivity contribution in [2.75, 3.05) is 0 Å². The van der Waals surface area contributed by atoms with Crippen LogP contribution >= 0.6 is 0 Å². The summed E-state index contributed by atoms with van der Waals surface area (Å²) in [5.74, 6) is -0.479. The lowest BCUT2D eigenvalue weighted by Gasteiger charge is -2.33. The average molecular weight is 398 g/mol. The summed E-state index contributed by atoms with van der Waals surface area (Å²) in [5, 5.41) is 2.69. The van der Waals surface area contributed by atoms with Gasteiger partial charge >= 0.3 is 6.03 Å². The molecule has 1 aliphatic heterocycles. The number of imide groups is 1. The van der Waals surface area contributed by atoms with E-state index in [9.17, 15) is 18.0 Å². The molecule has 1 unspecified atom stereocenters. The number of rotatable bonds is 3. The summed E-state index contributed by atoms with van der Waals surface area (Å²) in [6.07, 6.45) is 1.87. The van der Waals surface area contributed by atoms with Gasteiger partial charge in [0.25, 0.3) is 15.9 Å². The van der Waals surface area contributed by atoms with Crippen LogP contribution in [0.2, 0.25) is 0 Å². The molecule has 1 N–H and O–H groups in total. The van der Waals surface area contributed by atoms with Gasteiger partial charge in [-0.25, -0.2) is 13.2 Å². The molecule has 0 bridgehead atoms. The van der Waals surface area contributed by atoms with Crippen LogP contribution in [0, 0.1) is 0 Å². The van der Waals surface area contributed by atoms with Gasteiger partial charge in [-0.2, -0.15) is 0 Å². The number of carbonyl (C=O) groups is 2. The van der Waals surface area contributed by atoms with Crippen LogP contribution in [0.4, 0.5) is 4.79 Å². The van der Waals surface area contributed by atoms with Crippen LogP contribution in [0.3, 0.4) is 0 Å². The Morgan fingerprint density at radius 3 is 2.39 bits per heavy atom. The number of nitrogens with zero attached hydrogens (tertiary/aromatic N) is 1. The van der Waals surface area contributed by atoms with Gasteiger partial charge in [0.2, 0.25) is 0 Å². The topological polar surface area (TPSA) is 83.6 Å². The lowest BCUT2D eigenvalue weighted by Crippen LogP contribution is -2.47. The molecule has 0 saturated carbocycles. The number of carbonyl (C=O) groups excluding carboxylic acids is 2. The van der Waals surface area contributed by atoms with Crippen molar-refractivity contribution in [1.82, 2.24) is 9.62 Å². The van der Waals surface area contributed by atoms with Crippen molar-refractivity contribution in [2.45, 2.75) is 49.5 Å². The minimum absolute atomic E-state index is 0.0680. The molecule has 2 aromatic rings. The predicted octanol–water partition coefficient (Wildman–Crippen LogP) is 3.28. The first-order valence-electron chi connectivity index (χ1n) is 9.37. The number of hydrogen-bond donors (Lipinski definition) is 1. The van der Waals surface area contributed by atoms with Gasteiger partial charge in [0, 0.05) is 0 Å². The lowest BCUT2D eigenvalue weighted by atomic mass is 9.76.